The number of benzene rings is 4. The number of hydrogen-bond acceptors (Lipinski definition) is 6. The summed E-state index contributed by atoms with van der Waals surface area (Å²) in [5.41, 5.74) is 0. The summed E-state index contributed by atoms with van der Waals surface area (Å²) in [6, 6.07) is 24.7. The van der Waals surface area contributed by atoms with Crippen LogP contribution in [0.2, 0.25) is 0 Å². The molecule has 0 saturated heterocycles. The third kappa shape index (κ3) is 6.84. The summed E-state index contributed by atoms with van der Waals surface area (Å²) in [5.74, 6) is -10.3. The molecule has 0 radical (unpaired) electrons. The second-order valence-corrected chi connectivity index (χ2v) is 11.0. The van der Waals surface area contributed by atoms with Crippen LogP contribution in [0.15, 0.2) is 92.4 Å². The molecule has 0 amide bonds. The highest BCUT2D eigenvalue weighted by molar-refractivity contribution is 7.97. The molecule has 0 heterocycles. The van der Waals surface area contributed by atoms with Gasteiger partial charge < -0.3 is 18.8 Å². The van der Waals surface area contributed by atoms with E-state index in [1.54, 1.807) is 21.3 Å². The zero-order chi connectivity index (χ0) is 29.6. The Labute approximate surface area is 230 Å². The fourth-order valence-corrected chi connectivity index (χ4v) is 6.01. The van der Waals surface area contributed by atoms with Gasteiger partial charge in [0, 0.05) is 0 Å². The van der Waals surface area contributed by atoms with Gasteiger partial charge in [-0.3, -0.25) is 0 Å². The first-order chi connectivity index (χ1) is 18.9. The molecule has 40 heavy (non-hydrogen) atoms. The van der Waals surface area contributed by atoms with Gasteiger partial charge in [0.1, 0.15) is 32.3 Å². The SMILES string of the molecule is COc1ccc([S+](c2ccc(OC)cc2)c2ccc(OC)cc2)cc1.O=S(=O)([O-])c1c(F)c(F)c(F)c(F)c1F. The van der Waals surface area contributed by atoms with E-state index in [0.29, 0.717) is 0 Å². The van der Waals surface area contributed by atoms with Crippen molar-refractivity contribution in [3.63, 3.8) is 0 Å². The Kier molecular flexibility index (Phi) is 10.0. The smallest absolute Gasteiger partial charge is 0.200 e. The number of ether oxygens (including phenoxy) is 3. The maximum atomic E-state index is 12.6. The van der Waals surface area contributed by atoms with Crippen molar-refractivity contribution >= 4 is 21.0 Å². The van der Waals surface area contributed by atoms with Crippen LogP contribution >= 0.6 is 0 Å². The molecule has 0 aliphatic carbocycles. The van der Waals surface area contributed by atoms with E-state index in [1.165, 1.54) is 14.7 Å². The fraction of sp³-hybridized carbons (Fsp3) is 0.111. The molecule has 4 aromatic carbocycles. The summed E-state index contributed by atoms with van der Waals surface area (Å²) >= 11 is 0. The van der Waals surface area contributed by atoms with Gasteiger partial charge in [-0.1, -0.05) is 0 Å². The normalized spacial score (nSPS) is 11.1. The van der Waals surface area contributed by atoms with E-state index in [9.17, 15) is 34.9 Å². The second kappa shape index (κ2) is 13.0. The van der Waals surface area contributed by atoms with E-state index in [-0.39, 0.29) is 10.9 Å². The number of rotatable bonds is 7. The standard InChI is InChI=1S/C21H21O3S.C6HF5O3S/c1-22-16-4-10-19(11-5-16)25(20-12-6-17(23-2)7-13-20)21-14-8-18(24-3)9-15-21;7-1-2(8)4(10)6(15(12,13)14)5(11)3(1)9/h4-15H,1-3H3;(H,12,13,14)/q+1;/p-1. The zero-order valence-electron chi connectivity index (χ0n) is 21.1. The second-order valence-electron chi connectivity index (χ2n) is 7.69. The van der Waals surface area contributed by atoms with Crippen LogP contribution in [0.3, 0.4) is 0 Å². The summed E-state index contributed by atoms with van der Waals surface area (Å²) in [4.78, 5) is 1.32. The van der Waals surface area contributed by atoms with Gasteiger partial charge in [-0.2, -0.15) is 0 Å². The lowest BCUT2D eigenvalue weighted by Crippen LogP contribution is -2.12. The number of methoxy groups -OCH3 is 3. The Morgan fingerprint density at radius 3 is 1.00 bits per heavy atom. The van der Waals surface area contributed by atoms with Gasteiger partial charge in [0.2, 0.25) is 5.82 Å². The monoisotopic (exact) mass is 600 g/mol. The Morgan fingerprint density at radius 2 is 0.775 bits per heavy atom. The van der Waals surface area contributed by atoms with Gasteiger partial charge in [0.15, 0.2) is 38.0 Å². The lowest BCUT2D eigenvalue weighted by Gasteiger charge is -2.10. The summed E-state index contributed by atoms with van der Waals surface area (Å²) in [5, 5.41) is 0. The summed E-state index contributed by atoms with van der Waals surface area (Å²) in [6.07, 6.45) is 0. The molecule has 0 N–H and O–H groups in total. The molecule has 0 atom stereocenters. The molecule has 4 rings (SSSR count). The van der Waals surface area contributed by atoms with Gasteiger partial charge in [0.05, 0.1) is 32.2 Å². The first-order valence-electron chi connectivity index (χ1n) is 11.1. The van der Waals surface area contributed by atoms with Gasteiger partial charge in [-0.15, -0.1) is 0 Å². The topological polar surface area (TPSA) is 84.9 Å². The largest absolute Gasteiger partial charge is 0.744 e. The minimum Gasteiger partial charge on any atom is -0.744 e. The van der Waals surface area contributed by atoms with E-state index < -0.39 is 44.1 Å². The van der Waals surface area contributed by atoms with E-state index in [2.05, 4.69) is 36.4 Å². The summed E-state index contributed by atoms with van der Waals surface area (Å²) < 4.78 is 109. The van der Waals surface area contributed by atoms with Crippen molar-refractivity contribution in [2.75, 3.05) is 21.3 Å². The van der Waals surface area contributed by atoms with Crippen LogP contribution in [0, 0.1) is 29.1 Å². The molecule has 0 fully saturated rings. The maximum Gasteiger partial charge on any atom is 0.200 e. The number of hydrogen-bond donors (Lipinski definition) is 0. The van der Waals surface area contributed by atoms with E-state index in [1.807, 2.05) is 36.4 Å². The van der Waals surface area contributed by atoms with Crippen LogP contribution in [-0.4, -0.2) is 34.3 Å². The van der Waals surface area contributed by atoms with Crippen molar-refractivity contribution in [3.05, 3.63) is 102 Å². The molecule has 0 aliphatic heterocycles. The molecule has 0 aliphatic rings. The first-order valence-corrected chi connectivity index (χ1v) is 13.7. The Balaban J connectivity index is 0.000000252. The molecule has 212 valence electrons. The fourth-order valence-electron chi connectivity index (χ4n) is 3.35. The molecule has 6 nitrogen and oxygen atoms in total. The lowest BCUT2D eigenvalue weighted by molar-refractivity contribution is 0.350. The molecule has 0 aromatic heterocycles. The van der Waals surface area contributed by atoms with Crippen molar-refractivity contribution in [2.24, 2.45) is 0 Å². The van der Waals surface area contributed by atoms with Crippen molar-refractivity contribution in [3.8, 4) is 17.2 Å². The minimum atomic E-state index is -5.77. The molecular formula is C27H21F5O6S2. The third-order valence-corrected chi connectivity index (χ3v) is 8.39. The predicted octanol–water partition coefficient (Wildman–Crippen LogP) is 6.09. The van der Waals surface area contributed by atoms with E-state index in [0.717, 1.165) is 17.2 Å². The Bertz CT molecular complexity index is 1420. The van der Waals surface area contributed by atoms with Gasteiger partial charge in [-0.05, 0) is 72.8 Å². The third-order valence-electron chi connectivity index (χ3n) is 5.30. The van der Waals surface area contributed by atoms with Gasteiger partial charge >= 0.3 is 0 Å². The van der Waals surface area contributed by atoms with Crippen LogP contribution in [0.4, 0.5) is 22.0 Å². The average molecular weight is 601 g/mol. The Morgan fingerprint density at radius 1 is 0.525 bits per heavy atom. The van der Waals surface area contributed by atoms with E-state index in [4.69, 9.17) is 14.2 Å². The predicted molar refractivity (Wildman–Crippen MR) is 135 cm³/mol. The van der Waals surface area contributed by atoms with E-state index >= 15 is 0 Å². The zero-order valence-corrected chi connectivity index (χ0v) is 22.7. The van der Waals surface area contributed by atoms with Gasteiger partial charge in [-0.25, -0.2) is 30.4 Å². The maximum absolute atomic E-state index is 12.6. The van der Waals surface area contributed by atoms with Crippen molar-refractivity contribution in [1.29, 1.82) is 0 Å². The first kappa shape index (κ1) is 30.7. The minimum absolute atomic E-state index is 0.212. The highest BCUT2D eigenvalue weighted by Crippen LogP contribution is 2.34. The molecule has 0 saturated carbocycles. The molecular weight excluding hydrogens is 579 g/mol. The Hall–Kier alpha value is -3.81. The summed E-state index contributed by atoms with van der Waals surface area (Å²) in [6.45, 7) is 0. The summed E-state index contributed by atoms with van der Waals surface area (Å²) in [7, 11) is -0.938. The molecule has 0 unspecified atom stereocenters. The van der Waals surface area contributed by atoms with Crippen molar-refractivity contribution in [2.45, 2.75) is 19.6 Å². The molecule has 0 spiro atoms. The molecule has 0 bridgehead atoms. The lowest BCUT2D eigenvalue weighted by atomic mass is 10.3. The van der Waals surface area contributed by atoms with Crippen LogP contribution in [0.1, 0.15) is 0 Å². The number of halogens is 5. The van der Waals surface area contributed by atoms with Gasteiger partial charge in [0.25, 0.3) is 0 Å². The quantitative estimate of drug-likeness (QED) is 0.0839. The molecule has 4 aromatic rings. The van der Waals surface area contributed by atoms with Crippen LogP contribution in [-0.2, 0) is 21.0 Å². The van der Waals surface area contributed by atoms with Crippen molar-refractivity contribution < 1.29 is 49.1 Å². The average Bonchev–Trinajstić information content (AvgIpc) is 2.96. The highest BCUT2D eigenvalue weighted by Gasteiger charge is 2.30. The molecule has 13 heteroatoms. The van der Waals surface area contributed by atoms with Crippen LogP contribution in [0.5, 0.6) is 17.2 Å². The van der Waals surface area contributed by atoms with Crippen LogP contribution in [0.25, 0.3) is 0 Å². The van der Waals surface area contributed by atoms with Crippen LogP contribution < -0.4 is 14.2 Å². The highest BCUT2D eigenvalue weighted by atomic mass is 32.2. The van der Waals surface area contributed by atoms with Crippen molar-refractivity contribution in [1.82, 2.24) is 0 Å².